The Morgan fingerprint density at radius 3 is 2.26 bits per heavy atom. The van der Waals surface area contributed by atoms with Gasteiger partial charge in [0.25, 0.3) is 0 Å². The minimum atomic E-state index is -0.987. The van der Waals surface area contributed by atoms with Crippen LogP contribution < -0.4 is 5.32 Å². The largest absolute Gasteiger partial charge is 0.481 e. The lowest BCUT2D eigenvalue weighted by atomic mass is 9.73. The van der Waals surface area contributed by atoms with Crippen LogP contribution in [0.25, 0.3) is 0 Å². The molecule has 0 heterocycles. The summed E-state index contributed by atoms with van der Waals surface area (Å²) in [7, 11) is 0. The van der Waals surface area contributed by atoms with E-state index in [0.29, 0.717) is 17.9 Å². The summed E-state index contributed by atoms with van der Waals surface area (Å²) >= 11 is 0. The van der Waals surface area contributed by atoms with Crippen molar-refractivity contribution in [2.24, 2.45) is 16.7 Å². The van der Waals surface area contributed by atoms with E-state index in [4.69, 9.17) is 5.11 Å². The molecule has 4 heteroatoms. The predicted molar refractivity (Wildman–Crippen MR) is 74.8 cm³/mol. The second kappa shape index (κ2) is 5.93. The number of nitrogens with one attached hydrogen (secondary N) is 1. The predicted octanol–water partition coefficient (Wildman–Crippen LogP) is 2.82. The fourth-order valence-electron chi connectivity index (χ4n) is 2.46. The topological polar surface area (TPSA) is 66.4 Å². The van der Waals surface area contributed by atoms with Crippen molar-refractivity contribution in [2.45, 2.75) is 59.8 Å². The van der Waals surface area contributed by atoms with E-state index in [-0.39, 0.29) is 12.3 Å². The van der Waals surface area contributed by atoms with Gasteiger partial charge >= 0.3 is 5.97 Å². The number of hydrogen-bond acceptors (Lipinski definition) is 2. The standard InChI is InChI=1S/C15H27NO3/c1-14(2)7-5-11(6-8-14)10-16-12(17)9-15(3,4)13(18)19/h11H,5-10H2,1-4H3,(H,16,17)(H,18,19). The Kier molecular flexibility index (Phi) is 4.99. The fourth-order valence-corrected chi connectivity index (χ4v) is 2.46. The van der Waals surface area contributed by atoms with E-state index in [0.717, 1.165) is 12.8 Å². The molecule has 1 saturated carbocycles. The lowest BCUT2D eigenvalue weighted by Gasteiger charge is -2.34. The van der Waals surface area contributed by atoms with E-state index >= 15 is 0 Å². The van der Waals surface area contributed by atoms with Crippen molar-refractivity contribution >= 4 is 11.9 Å². The number of carbonyl (C=O) groups is 2. The Hall–Kier alpha value is -1.06. The normalized spacial score (nSPS) is 20.0. The molecule has 110 valence electrons. The lowest BCUT2D eigenvalue weighted by molar-refractivity contribution is -0.149. The second-order valence-electron chi connectivity index (χ2n) is 7.28. The zero-order chi connectivity index (χ0) is 14.7. The second-order valence-corrected chi connectivity index (χ2v) is 7.28. The van der Waals surface area contributed by atoms with Gasteiger partial charge in [-0.2, -0.15) is 0 Å². The number of rotatable bonds is 5. The molecule has 1 fully saturated rings. The van der Waals surface area contributed by atoms with Crippen LogP contribution in [0.2, 0.25) is 0 Å². The zero-order valence-electron chi connectivity index (χ0n) is 12.6. The lowest BCUT2D eigenvalue weighted by Crippen LogP contribution is -2.37. The van der Waals surface area contributed by atoms with Crippen molar-refractivity contribution in [3.63, 3.8) is 0 Å². The third kappa shape index (κ3) is 5.21. The Labute approximate surface area is 116 Å². The molecular weight excluding hydrogens is 242 g/mol. The van der Waals surface area contributed by atoms with Gasteiger partial charge in [-0.05, 0) is 50.9 Å². The number of carboxylic acid groups (broad SMARTS) is 1. The van der Waals surface area contributed by atoms with Crippen molar-refractivity contribution in [3.8, 4) is 0 Å². The molecule has 19 heavy (non-hydrogen) atoms. The first-order chi connectivity index (χ1) is 8.62. The first-order valence-corrected chi connectivity index (χ1v) is 7.12. The maximum Gasteiger partial charge on any atom is 0.309 e. The fraction of sp³-hybridized carbons (Fsp3) is 0.867. The van der Waals surface area contributed by atoms with Crippen LogP contribution in [-0.2, 0) is 9.59 Å². The number of carboxylic acids is 1. The molecule has 0 spiro atoms. The van der Waals surface area contributed by atoms with Crippen LogP contribution in [0.3, 0.4) is 0 Å². The molecule has 0 aromatic heterocycles. The smallest absolute Gasteiger partial charge is 0.309 e. The summed E-state index contributed by atoms with van der Waals surface area (Å²) < 4.78 is 0. The van der Waals surface area contributed by atoms with Gasteiger partial charge in [0.05, 0.1) is 5.41 Å². The van der Waals surface area contributed by atoms with Gasteiger partial charge in [-0.3, -0.25) is 9.59 Å². The van der Waals surface area contributed by atoms with Gasteiger partial charge in [0.1, 0.15) is 0 Å². The molecule has 2 N–H and O–H groups in total. The molecule has 0 radical (unpaired) electrons. The van der Waals surface area contributed by atoms with Gasteiger partial charge in [0.2, 0.25) is 5.91 Å². The summed E-state index contributed by atoms with van der Waals surface area (Å²) in [6.07, 6.45) is 4.74. The summed E-state index contributed by atoms with van der Waals surface area (Å²) in [5.41, 5.74) is -0.551. The first kappa shape index (κ1) is 16.0. The van der Waals surface area contributed by atoms with Crippen LogP contribution in [-0.4, -0.2) is 23.5 Å². The van der Waals surface area contributed by atoms with Crippen LogP contribution in [0, 0.1) is 16.7 Å². The highest BCUT2D eigenvalue weighted by Gasteiger charge is 2.31. The van der Waals surface area contributed by atoms with E-state index in [9.17, 15) is 9.59 Å². The van der Waals surface area contributed by atoms with Gasteiger partial charge in [0.15, 0.2) is 0 Å². The van der Waals surface area contributed by atoms with Crippen molar-refractivity contribution in [2.75, 3.05) is 6.54 Å². The maximum absolute atomic E-state index is 11.8. The molecule has 0 bridgehead atoms. The molecule has 1 aliphatic rings. The average molecular weight is 269 g/mol. The van der Waals surface area contributed by atoms with Crippen molar-refractivity contribution in [1.29, 1.82) is 0 Å². The maximum atomic E-state index is 11.8. The van der Waals surface area contributed by atoms with Crippen molar-refractivity contribution < 1.29 is 14.7 Å². The SMILES string of the molecule is CC1(C)CCC(CNC(=O)CC(C)(C)C(=O)O)CC1. The summed E-state index contributed by atoms with van der Waals surface area (Å²) in [5.74, 6) is -0.538. The molecule has 4 nitrogen and oxygen atoms in total. The molecule has 0 aromatic rings. The Bertz CT molecular complexity index is 337. The third-order valence-electron chi connectivity index (χ3n) is 4.23. The van der Waals surface area contributed by atoms with Crippen molar-refractivity contribution in [3.05, 3.63) is 0 Å². The number of hydrogen-bond donors (Lipinski definition) is 2. The zero-order valence-corrected chi connectivity index (χ0v) is 12.6. The summed E-state index contributed by atoms with van der Waals surface area (Å²) in [6, 6.07) is 0. The molecule has 0 unspecified atom stereocenters. The van der Waals surface area contributed by atoms with Gasteiger partial charge < -0.3 is 10.4 Å². The average Bonchev–Trinajstić information content (AvgIpc) is 2.26. The summed E-state index contributed by atoms with van der Waals surface area (Å²) in [4.78, 5) is 22.7. The Balaban J connectivity index is 2.30. The number of amides is 1. The number of carbonyl (C=O) groups excluding carboxylic acids is 1. The molecule has 1 aliphatic carbocycles. The van der Waals surface area contributed by atoms with Crippen LogP contribution in [0.5, 0.6) is 0 Å². The van der Waals surface area contributed by atoms with Crippen LogP contribution >= 0.6 is 0 Å². The van der Waals surface area contributed by atoms with Crippen LogP contribution in [0.1, 0.15) is 59.8 Å². The van der Waals surface area contributed by atoms with Crippen LogP contribution in [0.15, 0.2) is 0 Å². The van der Waals surface area contributed by atoms with Gasteiger partial charge in [-0.15, -0.1) is 0 Å². The Morgan fingerprint density at radius 2 is 1.79 bits per heavy atom. The minimum Gasteiger partial charge on any atom is -0.481 e. The number of aliphatic carboxylic acids is 1. The molecule has 0 atom stereocenters. The molecule has 0 aromatic carbocycles. The Morgan fingerprint density at radius 1 is 1.26 bits per heavy atom. The highest BCUT2D eigenvalue weighted by molar-refractivity contribution is 5.84. The third-order valence-corrected chi connectivity index (χ3v) is 4.23. The van der Waals surface area contributed by atoms with E-state index in [2.05, 4.69) is 19.2 Å². The highest BCUT2D eigenvalue weighted by atomic mass is 16.4. The summed E-state index contributed by atoms with van der Waals surface area (Å²) in [5, 5.41) is 11.9. The van der Waals surface area contributed by atoms with Gasteiger partial charge in [0, 0.05) is 13.0 Å². The molecular formula is C15H27NO3. The molecule has 1 amide bonds. The first-order valence-electron chi connectivity index (χ1n) is 7.12. The van der Waals surface area contributed by atoms with E-state index in [1.165, 1.54) is 12.8 Å². The monoisotopic (exact) mass is 269 g/mol. The minimum absolute atomic E-state index is 0.0422. The van der Waals surface area contributed by atoms with Gasteiger partial charge in [-0.25, -0.2) is 0 Å². The molecule has 0 saturated heterocycles. The highest BCUT2D eigenvalue weighted by Crippen LogP contribution is 2.37. The summed E-state index contributed by atoms with van der Waals surface area (Å²) in [6.45, 7) is 8.43. The molecule has 0 aliphatic heterocycles. The van der Waals surface area contributed by atoms with Gasteiger partial charge in [-0.1, -0.05) is 13.8 Å². The quantitative estimate of drug-likeness (QED) is 0.806. The van der Waals surface area contributed by atoms with Crippen molar-refractivity contribution in [1.82, 2.24) is 5.32 Å². The van der Waals surface area contributed by atoms with E-state index in [1.807, 2.05) is 0 Å². The van der Waals surface area contributed by atoms with E-state index in [1.54, 1.807) is 13.8 Å². The van der Waals surface area contributed by atoms with Crippen LogP contribution in [0.4, 0.5) is 0 Å². The molecule has 1 rings (SSSR count). The van der Waals surface area contributed by atoms with E-state index < -0.39 is 11.4 Å².